The molecule has 0 saturated carbocycles. The molecule has 0 atom stereocenters. The van der Waals surface area contributed by atoms with Gasteiger partial charge in [-0.15, -0.1) is 23.1 Å². The van der Waals surface area contributed by atoms with E-state index in [9.17, 15) is 9.59 Å². The number of nitrogens with one attached hydrogen (secondary N) is 1. The smallest absolute Gasteiger partial charge is 0.235 e. The number of anilines is 1. The van der Waals surface area contributed by atoms with Crippen molar-refractivity contribution in [2.75, 3.05) is 29.9 Å². The van der Waals surface area contributed by atoms with Gasteiger partial charge in [-0.1, -0.05) is 45.9 Å². The molecule has 1 saturated heterocycles. The number of pyridine rings is 1. The topological polar surface area (TPSA) is 75.2 Å². The van der Waals surface area contributed by atoms with Gasteiger partial charge in [0, 0.05) is 36.1 Å². The second-order valence-electron chi connectivity index (χ2n) is 12.0. The van der Waals surface area contributed by atoms with Gasteiger partial charge >= 0.3 is 0 Å². The first kappa shape index (κ1) is 27.8. The number of hydrogen-bond acceptors (Lipinski definition) is 6. The predicted octanol–water partition coefficient (Wildman–Crippen LogP) is 6.63. The van der Waals surface area contributed by atoms with Crippen molar-refractivity contribution in [2.24, 2.45) is 0 Å². The lowest BCUT2D eigenvalue weighted by molar-refractivity contribution is -0.129. The summed E-state index contributed by atoms with van der Waals surface area (Å²) in [5.41, 5.74) is 5.61. The van der Waals surface area contributed by atoms with Crippen molar-refractivity contribution in [3.8, 4) is 11.3 Å². The molecule has 39 heavy (non-hydrogen) atoms. The molecule has 2 aromatic heterocycles. The minimum atomic E-state index is -0.143. The number of thioether (sulfide) groups is 1. The Labute approximate surface area is 240 Å². The molecule has 2 amide bonds. The van der Waals surface area contributed by atoms with Crippen LogP contribution in [-0.4, -0.2) is 51.3 Å². The summed E-state index contributed by atoms with van der Waals surface area (Å²) in [5.74, 6) is 1.42. The third-order valence-electron chi connectivity index (χ3n) is 8.26. The zero-order chi connectivity index (χ0) is 27.6. The monoisotopic (exact) mass is 562 g/mol. The summed E-state index contributed by atoms with van der Waals surface area (Å²) in [6, 6.07) is 12.3. The Bertz CT molecular complexity index is 1330. The molecule has 1 aromatic carbocycles. The normalized spacial score (nSPS) is 18.4. The first-order valence-electron chi connectivity index (χ1n) is 13.8. The number of amides is 2. The number of benzene rings is 1. The Morgan fingerprint density at radius 2 is 1.77 bits per heavy atom. The average Bonchev–Trinajstić information content (AvgIpc) is 3.42. The number of fused-ring (bicyclic) bond motifs is 1. The molecule has 1 aliphatic heterocycles. The minimum Gasteiger partial charge on any atom is -0.342 e. The van der Waals surface area contributed by atoms with Crippen LogP contribution in [0.25, 0.3) is 11.3 Å². The molecule has 0 spiro atoms. The van der Waals surface area contributed by atoms with Crippen LogP contribution < -0.4 is 5.32 Å². The molecule has 1 N–H and O–H groups in total. The predicted molar refractivity (Wildman–Crippen MR) is 162 cm³/mol. The molecule has 6 nitrogen and oxygen atoms in total. The second kappa shape index (κ2) is 11.4. The molecule has 5 rings (SSSR count). The van der Waals surface area contributed by atoms with E-state index in [1.807, 2.05) is 11.0 Å². The number of carbonyl (C=O) groups is 2. The van der Waals surface area contributed by atoms with E-state index in [1.165, 1.54) is 46.3 Å². The number of thiazole rings is 1. The molecule has 0 radical (unpaired) electrons. The Balaban J connectivity index is 1.13. The van der Waals surface area contributed by atoms with Crippen LogP contribution >= 0.6 is 23.1 Å². The van der Waals surface area contributed by atoms with Crippen molar-refractivity contribution >= 4 is 40.7 Å². The Hall–Kier alpha value is -2.71. The van der Waals surface area contributed by atoms with Crippen LogP contribution in [0.5, 0.6) is 0 Å². The molecule has 206 valence electrons. The van der Waals surface area contributed by atoms with Crippen molar-refractivity contribution in [3.05, 3.63) is 64.1 Å². The van der Waals surface area contributed by atoms with Crippen molar-refractivity contribution in [1.29, 1.82) is 0 Å². The van der Waals surface area contributed by atoms with Gasteiger partial charge in [0.1, 0.15) is 5.82 Å². The third kappa shape index (κ3) is 6.38. The molecule has 1 fully saturated rings. The van der Waals surface area contributed by atoms with Gasteiger partial charge in [0.25, 0.3) is 0 Å². The largest absolute Gasteiger partial charge is 0.342 e. The number of likely N-dealkylation sites (tertiary alicyclic amines) is 1. The lowest BCUT2D eigenvalue weighted by Gasteiger charge is -2.42. The van der Waals surface area contributed by atoms with E-state index in [4.69, 9.17) is 4.98 Å². The van der Waals surface area contributed by atoms with Crippen molar-refractivity contribution in [2.45, 2.75) is 70.1 Å². The van der Waals surface area contributed by atoms with Crippen LogP contribution in [0.15, 0.2) is 48.0 Å². The summed E-state index contributed by atoms with van der Waals surface area (Å²) in [7, 11) is 0. The summed E-state index contributed by atoms with van der Waals surface area (Å²) in [4.78, 5) is 35.9. The van der Waals surface area contributed by atoms with Gasteiger partial charge in [0.2, 0.25) is 11.8 Å². The van der Waals surface area contributed by atoms with Crippen molar-refractivity contribution in [1.82, 2.24) is 14.9 Å². The van der Waals surface area contributed by atoms with Gasteiger partial charge in [-0.3, -0.25) is 9.59 Å². The van der Waals surface area contributed by atoms with Gasteiger partial charge in [-0.2, -0.15) is 0 Å². The fraction of sp³-hybridized carbons (Fsp3) is 0.484. The van der Waals surface area contributed by atoms with Gasteiger partial charge in [-0.25, -0.2) is 9.97 Å². The highest BCUT2D eigenvalue weighted by Crippen LogP contribution is 2.47. The fourth-order valence-electron chi connectivity index (χ4n) is 5.67. The summed E-state index contributed by atoms with van der Waals surface area (Å²) < 4.78 is 0. The number of aromatic nitrogens is 2. The first-order chi connectivity index (χ1) is 18.6. The van der Waals surface area contributed by atoms with E-state index < -0.39 is 0 Å². The Morgan fingerprint density at radius 1 is 1.03 bits per heavy atom. The fourth-order valence-corrected chi connectivity index (χ4v) is 7.39. The highest BCUT2D eigenvalue weighted by molar-refractivity contribution is 8.00. The molecular formula is C31H38N4O2S2. The summed E-state index contributed by atoms with van der Waals surface area (Å²) >= 11 is 3.10. The molecule has 0 bridgehead atoms. The van der Waals surface area contributed by atoms with Gasteiger partial charge < -0.3 is 10.2 Å². The lowest BCUT2D eigenvalue weighted by atomic mass is 9.63. The Morgan fingerprint density at radius 3 is 2.49 bits per heavy atom. The number of carbonyl (C=O) groups excluding carboxylic acids is 2. The number of piperidine rings is 1. The van der Waals surface area contributed by atoms with E-state index in [-0.39, 0.29) is 28.4 Å². The van der Waals surface area contributed by atoms with E-state index in [1.54, 1.807) is 29.7 Å². The van der Waals surface area contributed by atoms with E-state index in [0.29, 0.717) is 17.5 Å². The maximum atomic E-state index is 12.7. The average molecular weight is 563 g/mol. The summed E-state index contributed by atoms with van der Waals surface area (Å²) in [6.07, 6.45) is 5.91. The summed E-state index contributed by atoms with van der Waals surface area (Å²) in [5, 5.41) is 6.13. The van der Waals surface area contributed by atoms with Crippen molar-refractivity contribution < 1.29 is 9.59 Å². The molecule has 2 aliphatic rings. The standard InChI is InChI=1S/C31H38N4O2S2/c1-30(2)12-13-31(3,4)24-17-22(8-9-23(24)30)25-18-39-29(33-25)21-10-15-35(16-11-21)28(37)20-38-19-27(36)34-26-7-5-6-14-32-26/h5-9,14,17-18,21H,10-13,15-16,19-20H2,1-4H3,(H,32,34,36). The van der Waals surface area contributed by atoms with Crippen LogP contribution in [0.1, 0.15) is 75.4 Å². The Kier molecular flexibility index (Phi) is 8.15. The number of hydrogen-bond donors (Lipinski definition) is 1. The van der Waals surface area contributed by atoms with Crippen LogP contribution in [-0.2, 0) is 20.4 Å². The molecule has 3 heterocycles. The lowest BCUT2D eigenvalue weighted by Crippen LogP contribution is -2.39. The highest BCUT2D eigenvalue weighted by atomic mass is 32.2. The van der Waals surface area contributed by atoms with E-state index >= 15 is 0 Å². The second-order valence-corrected chi connectivity index (χ2v) is 13.9. The molecule has 1 aliphatic carbocycles. The van der Waals surface area contributed by atoms with Gasteiger partial charge in [0.05, 0.1) is 22.2 Å². The van der Waals surface area contributed by atoms with Gasteiger partial charge in [-0.05, 0) is 65.8 Å². The van der Waals surface area contributed by atoms with Crippen molar-refractivity contribution in [3.63, 3.8) is 0 Å². The maximum Gasteiger partial charge on any atom is 0.235 e. The zero-order valence-electron chi connectivity index (χ0n) is 23.3. The van der Waals surface area contributed by atoms with E-state index in [0.717, 1.165) is 31.6 Å². The molecular weight excluding hydrogens is 525 g/mol. The van der Waals surface area contributed by atoms with Crippen LogP contribution in [0, 0.1) is 0 Å². The van der Waals surface area contributed by atoms with E-state index in [2.05, 4.69) is 61.6 Å². The molecule has 8 heteroatoms. The molecule has 3 aromatic rings. The number of nitrogens with zero attached hydrogens (tertiary/aromatic N) is 3. The first-order valence-corrected chi connectivity index (χ1v) is 15.8. The molecule has 0 unspecified atom stereocenters. The summed E-state index contributed by atoms with van der Waals surface area (Å²) in [6.45, 7) is 10.9. The van der Waals surface area contributed by atoms with Crippen LogP contribution in [0.4, 0.5) is 5.82 Å². The quantitative estimate of drug-likeness (QED) is 0.350. The number of rotatable bonds is 7. The highest BCUT2D eigenvalue weighted by Gasteiger charge is 2.37. The SMILES string of the molecule is CC1(C)CCC(C)(C)c2cc(-c3csc(C4CCN(C(=O)CSCC(=O)Nc5ccccn5)CC4)n3)ccc21. The zero-order valence-corrected chi connectivity index (χ0v) is 25.0. The van der Waals surface area contributed by atoms with Gasteiger partial charge in [0.15, 0.2) is 0 Å². The van der Waals surface area contributed by atoms with Crippen LogP contribution in [0.2, 0.25) is 0 Å². The third-order valence-corrected chi connectivity index (χ3v) is 10.2. The maximum absolute atomic E-state index is 12.7. The van der Waals surface area contributed by atoms with Crippen LogP contribution in [0.3, 0.4) is 0 Å². The minimum absolute atomic E-state index is 0.100.